The number of alkyl halides is 1. The summed E-state index contributed by atoms with van der Waals surface area (Å²) in [5.74, 6) is 0. The Hall–Kier alpha value is -0.110. The zero-order valence-electron chi connectivity index (χ0n) is 9.40. The molecule has 1 saturated carbocycles. The minimum atomic E-state index is -0.588. The van der Waals surface area contributed by atoms with Gasteiger partial charge in [-0.2, -0.15) is 0 Å². The first kappa shape index (κ1) is 12.0. The average molecular weight is 201 g/mol. The van der Waals surface area contributed by atoms with E-state index in [-0.39, 0.29) is 6.04 Å². The fourth-order valence-electron chi connectivity index (χ4n) is 2.15. The van der Waals surface area contributed by atoms with Crippen molar-refractivity contribution >= 4 is 0 Å². The molecule has 1 nitrogen and oxygen atoms in total. The smallest absolute Gasteiger partial charge is 0.115 e. The third kappa shape index (κ3) is 4.41. The van der Waals surface area contributed by atoms with Crippen molar-refractivity contribution < 1.29 is 4.39 Å². The van der Waals surface area contributed by atoms with E-state index in [0.717, 1.165) is 25.8 Å². The van der Waals surface area contributed by atoms with Gasteiger partial charge in [0.2, 0.25) is 0 Å². The van der Waals surface area contributed by atoms with Gasteiger partial charge < -0.3 is 5.32 Å². The summed E-state index contributed by atoms with van der Waals surface area (Å²) in [7, 11) is 0. The van der Waals surface area contributed by atoms with Gasteiger partial charge in [0.1, 0.15) is 6.17 Å². The van der Waals surface area contributed by atoms with Crippen LogP contribution in [-0.2, 0) is 0 Å². The largest absolute Gasteiger partial charge is 0.311 e. The Morgan fingerprint density at radius 3 is 2.64 bits per heavy atom. The lowest BCUT2D eigenvalue weighted by Crippen LogP contribution is -2.40. The molecule has 14 heavy (non-hydrogen) atoms. The zero-order chi connectivity index (χ0) is 10.2. The van der Waals surface area contributed by atoms with E-state index in [0.29, 0.717) is 0 Å². The molecular weight excluding hydrogens is 177 g/mol. The monoisotopic (exact) mass is 201 g/mol. The molecule has 0 aromatic carbocycles. The molecule has 1 fully saturated rings. The second-order valence-corrected chi connectivity index (χ2v) is 4.42. The molecule has 1 aliphatic rings. The molecule has 1 rings (SSSR count). The van der Waals surface area contributed by atoms with E-state index in [1.807, 2.05) is 0 Å². The van der Waals surface area contributed by atoms with Gasteiger partial charge in [-0.15, -0.1) is 0 Å². The minimum Gasteiger partial charge on any atom is -0.311 e. The predicted octanol–water partition coefficient (Wildman–Crippen LogP) is 3.44. The van der Waals surface area contributed by atoms with E-state index in [2.05, 4.69) is 12.2 Å². The highest BCUT2D eigenvalue weighted by Crippen LogP contribution is 2.21. The summed E-state index contributed by atoms with van der Waals surface area (Å²) in [6.45, 7) is 3.22. The Balaban J connectivity index is 1.99. The van der Waals surface area contributed by atoms with Crippen LogP contribution in [0.25, 0.3) is 0 Å². The first-order valence-corrected chi connectivity index (χ1v) is 6.22. The lowest BCUT2D eigenvalue weighted by molar-refractivity contribution is 0.189. The van der Waals surface area contributed by atoms with Crippen LogP contribution in [0.5, 0.6) is 0 Å². The van der Waals surface area contributed by atoms with Gasteiger partial charge in [-0.05, 0) is 25.8 Å². The van der Waals surface area contributed by atoms with E-state index in [9.17, 15) is 4.39 Å². The SMILES string of the molecule is CCCCCCN[C@@H]1CCCC[C@H]1F. The molecule has 0 radical (unpaired) electrons. The zero-order valence-corrected chi connectivity index (χ0v) is 9.40. The van der Waals surface area contributed by atoms with Crippen molar-refractivity contribution in [3.05, 3.63) is 0 Å². The van der Waals surface area contributed by atoms with Gasteiger partial charge in [0.05, 0.1) is 0 Å². The molecule has 84 valence electrons. The molecule has 2 atom stereocenters. The quantitative estimate of drug-likeness (QED) is 0.649. The maximum absolute atomic E-state index is 13.4. The highest BCUT2D eigenvalue weighted by Gasteiger charge is 2.23. The molecular formula is C12H24FN. The van der Waals surface area contributed by atoms with E-state index in [1.54, 1.807) is 0 Å². The molecule has 0 aromatic heterocycles. The molecule has 2 heteroatoms. The third-order valence-corrected chi connectivity index (χ3v) is 3.12. The number of rotatable bonds is 6. The van der Waals surface area contributed by atoms with Gasteiger partial charge in [0.25, 0.3) is 0 Å². The number of halogens is 1. The maximum Gasteiger partial charge on any atom is 0.115 e. The summed E-state index contributed by atoms with van der Waals surface area (Å²) in [5, 5.41) is 3.36. The van der Waals surface area contributed by atoms with E-state index in [4.69, 9.17) is 0 Å². The van der Waals surface area contributed by atoms with Gasteiger partial charge in [-0.1, -0.05) is 39.0 Å². The Morgan fingerprint density at radius 2 is 1.93 bits per heavy atom. The molecule has 1 aliphatic carbocycles. The minimum absolute atomic E-state index is 0.158. The first-order chi connectivity index (χ1) is 6.84. The van der Waals surface area contributed by atoms with Crippen molar-refractivity contribution in [2.45, 2.75) is 70.5 Å². The van der Waals surface area contributed by atoms with Crippen LogP contribution in [0.4, 0.5) is 4.39 Å². The summed E-state index contributed by atoms with van der Waals surface area (Å²) < 4.78 is 13.4. The molecule has 0 unspecified atom stereocenters. The molecule has 0 aliphatic heterocycles. The fraction of sp³-hybridized carbons (Fsp3) is 1.00. The van der Waals surface area contributed by atoms with Crippen molar-refractivity contribution in [1.82, 2.24) is 5.32 Å². The highest BCUT2D eigenvalue weighted by molar-refractivity contribution is 4.80. The fourth-order valence-corrected chi connectivity index (χ4v) is 2.15. The van der Waals surface area contributed by atoms with Gasteiger partial charge in [-0.3, -0.25) is 0 Å². The maximum atomic E-state index is 13.4. The lowest BCUT2D eigenvalue weighted by Gasteiger charge is -2.26. The van der Waals surface area contributed by atoms with Gasteiger partial charge in [0.15, 0.2) is 0 Å². The molecule has 0 aromatic rings. The standard InChI is InChI=1S/C12H24FN/c1-2-3-4-7-10-14-12-9-6-5-8-11(12)13/h11-12,14H,2-10H2,1H3/t11-,12-/m1/s1. The number of hydrogen-bond acceptors (Lipinski definition) is 1. The Labute approximate surface area is 87.5 Å². The molecule has 0 heterocycles. The van der Waals surface area contributed by atoms with Gasteiger partial charge >= 0.3 is 0 Å². The number of hydrogen-bond donors (Lipinski definition) is 1. The number of nitrogens with one attached hydrogen (secondary N) is 1. The van der Waals surface area contributed by atoms with Gasteiger partial charge in [0, 0.05) is 6.04 Å². The molecule has 0 saturated heterocycles. The van der Waals surface area contributed by atoms with Crippen LogP contribution in [0.3, 0.4) is 0 Å². The molecule has 0 spiro atoms. The van der Waals surface area contributed by atoms with Crippen LogP contribution in [0.1, 0.15) is 58.3 Å². The molecule has 0 bridgehead atoms. The van der Waals surface area contributed by atoms with Crippen LogP contribution in [0.2, 0.25) is 0 Å². The Kier molecular flexibility index (Phi) is 6.17. The van der Waals surface area contributed by atoms with E-state index >= 15 is 0 Å². The first-order valence-electron chi connectivity index (χ1n) is 6.22. The van der Waals surface area contributed by atoms with E-state index in [1.165, 1.54) is 32.1 Å². The summed E-state index contributed by atoms with van der Waals surface area (Å²) >= 11 is 0. The summed E-state index contributed by atoms with van der Waals surface area (Å²) in [5.41, 5.74) is 0. The lowest BCUT2D eigenvalue weighted by atomic mass is 9.93. The second kappa shape index (κ2) is 7.22. The number of unbranched alkanes of at least 4 members (excludes halogenated alkanes) is 3. The van der Waals surface area contributed by atoms with Gasteiger partial charge in [-0.25, -0.2) is 4.39 Å². The van der Waals surface area contributed by atoms with Crippen LogP contribution in [0.15, 0.2) is 0 Å². The molecule has 1 N–H and O–H groups in total. The van der Waals surface area contributed by atoms with Crippen LogP contribution in [0, 0.1) is 0 Å². The Bertz CT molecular complexity index is 138. The van der Waals surface area contributed by atoms with Crippen molar-refractivity contribution in [1.29, 1.82) is 0 Å². The second-order valence-electron chi connectivity index (χ2n) is 4.42. The Morgan fingerprint density at radius 1 is 1.14 bits per heavy atom. The summed E-state index contributed by atoms with van der Waals surface area (Å²) in [6, 6.07) is 0.158. The summed E-state index contributed by atoms with van der Waals surface area (Å²) in [4.78, 5) is 0. The normalized spacial score (nSPS) is 27.9. The third-order valence-electron chi connectivity index (χ3n) is 3.12. The van der Waals surface area contributed by atoms with Crippen molar-refractivity contribution in [2.75, 3.05) is 6.54 Å². The molecule has 0 amide bonds. The van der Waals surface area contributed by atoms with E-state index < -0.39 is 6.17 Å². The average Bonchev–Trinajstić information content (AvgIpc) is 2.20. The van der Waals surface area contributed by atoms with Crippen LogP contribution >= 0.6 is 0 Å². The van der Waals surface area contributed by atoms with Crippen molar-refractivity contribution in [3.63, 3.8) is 0 Å². The van der Waals surface area contributed by atoms with Crippen LogP contribution in [-0.4, -0.2) is 18.8 Å². The predicted molar refractivity (Wildman–Crippen MR) is 59.3 cm³/mol. The van der Waals surface area contributed by atoms with Crippen molar-refractivity contribution in [2.24, 2.45) is 0 Å². The summed E-state index contributed by atoms with van der Waals surface area (Å²) in [6.07, 6.45) is 8.57. The highest BCUT2D eigenvalue weighted by atomic mass is 19.1. The van der Waals surface area contributed by atoms with Crippen molar-refractivity contribution in [3.8, 4) is 0 Å². The topological polar surface area (TPSA) is 12.0 Å². The van der Waals surface area contributed by atoms with Crippen LogP contribution < -0.4 is 5.32 Å².